The van der Waals surface area contributed by atoms with Crippen molar-refractivity contribution in [3.63, 3.8) is 0 Å². The molecule has 1 amide bonds. The maximum atomic E-state index is 12.5. The molecule has 22 heavy (non-hydrogen) atoms. The fourth-order valence-corrected chi connectivity index (χ4v) is 3.17. The Kier molecular flexibility index (Phi) is 4.93. The molecule has 2 aliphatic rings. The van der Waals surface area contributed by atoms with Gasteiger partial charge in [-0.2, -0.15) is 0 Å². The predicted octanol–water partition coefficient (Wildman–Crippen LogP) is 1.75. The molecule has 1 aromatic heterocycles. The Morgan fingerprint density at radius 3 is 2.73 bits per heavy atom. The summed E-state index contributed by atoms with van der Waals surface area (Å²) >= 11 is 0. The van der Waals surface area contributed by atoms with Gasteiger partial charge in [-0.05, 0) is 43.9 Å². The lowest BCUT2D eigenvalue weighted by Gasteiger charge is -2.31. The predicted molar refractivity (Wildman–Crippen MR) is 88.2 cm³/mol. The van der Waals surface area contributed by atoms with Gasteiger partial charge in [0.25, 0.3) is 5.91 Å². The number of nitrogens with one attached hydrogen (secondary N) is 1. The van der Waals surface area contributed by atoms with Gasteiger partial charge in [-0.15, -0.1) is 0 Å². The minimum absolute atomic E-state index is 0.106. The number of pyridine rings is 1. The van der Waals surface area contributed by atoms with Gasteiger partial charge in [0.1, 0.15) is 5.82 Å². The first-order chi connectivity index (χ1) is 10.7. The molecule has 3 rings (SSSR count). The Balaban J connectivity index is 1.64. The van der Waals surface area contributed by atoms with Gasteiger partial charge < -0.3 is 15.1 Å². The zero-order valence-corrected chi connectivity index (χ0v) is 13.4. The molecule has 0 radical (unpaired) electrons. The third-order valence-electron chi connectivity index (χ3n) is 4.73. The van der Waals surface area contributed by atoms with Crippen molar-refractivity contribution in [2.75, 3.05) is 44.2 Å². The minimum atomic E-state index is 0.106. The van der Waals surface area contributed by atoms with Gasteiger partial charge in [-0.3, -0.25) is 4.79 Å². The fraction of sp³-hybridized carbons (Fsp3) is 0.647. The minimum Gasteiger partial charge on any atom is -0.357 e. The van der Waals surface area contributed by atoms with Crippen molar-refractivity contribution in [1.29, 1.82) is 0 Å². The maximum Gasteiger partial charge on any atom is 0.255 e. The zero-order valence-electron chi connectivity index (χ0n) is 13.4. The molecule has 120 valence electrons. The molecule has 5 nitrogen and oxygen atoms in total. The second-order valence-electron chi connectivity index (χ2n) is 6.47. The first kappa shape index (κ1) is 15.3. The molecule has 2 fully saturated rings. The molecule has 0 aromatic carbocycles. The van der Waals surface area contributed by atoms with Crippen LogP contribution in [0.25, 0.3) is 0 Å². The number of aromatic nitrogens is 1. The van der Waals surface area contributed by atoms with E-state index in [0.29, 0.717) is 5.56 Å². The summed E-state index contributed by atoms with van der Waals surface area (Å²) < 4.78 is 0. The van der Waals surface area contributed by atoms with Crippen LogP contribution >= 0.6 is 0 Å². The van der Waals surface area contributed by atoms with Gasteiger partial charge in [0, 0.05) is 38.9 Å². The van der Waals surface area contributed by atoms with E-state index < -0.39 is 0 Å². The summed E-state index contributed by atoms with van der Waals surface area (Å²) in [4.78, 5) is 21.3. The molecular weight excluding hydrogens is 276 g/mol. The number of rotatable bonds is 2. The van der Waals surface area contributed by atoms with Crippen molar-refractivity contribution in [2.45, 2.75) is 26.2 Å². The molecule has 0 unspecified atom stereocenters. The van der Waals surface area contributed by atoms with E-state index in [2.05, 4.69) is 22.1 Å². The second-order valence-corrected chi connectivity index (χ2v) is 6.47. The number of amides is 1. The van der Waals surface area contributed by atoms with E-state index in [0.717, 1.165) is 57.4 Å². The number of anilines is 1. The molecule has 2 aliphatic heterocycles. The largest absolute Gasteiger partial charge is 0.357 e. The molecule has 0 atom stereocenters. The van der Waals surface area contributed by atoms with Crippen LogP contribution in [0.5, 0.6) is 0 Å². The highest BCUT2D eigenvalue weighted by atomic mass is 16.2. The standard InChI is InChI=1S/C17H26N4O/c1-14-5-10-20(11-6-14)16-4-3-15(13-19-16)17(22)21-9-2-7-18-8-12-21/h3-4,13-14,18H,2,5-12H2,1H3. The SMILES string of the molecule is CC1CCN(c2ccc(C(=O)N3CCCNCC3)cn2)CC1. The van der Waals surface area contributed by atoms with Crippen molar-refractivity contribution in [2.24, 2.45) is 5.92 Å². The number of hydrogen-bond acceptors (Lipinski definition) is 4. The van der Waals surface area contributed by atoms with Gasteiger partial charge in [-0.25, -0.2) is 4.98 Å². The van der Waals surface area contributed by atoms with Crippen LogP contribution in [-0.2, 0) is 0 Å². The van der Waals surface area contributed by atoms with Gasteiger partial charge in [-0.1, -0.05) is 6.92 Å². The number of piperidine rings is 1. The van der Waals surface area contributed by atoms with Crippen LogP contribution in [0.3, 0.4) is 0 Å². The number of hydrogen-bond donors (Lipinski definition) is 1. The average Bonchev–Trinajstić information content (AvgIpc) is 2.84. The van der Waals surface area contributed by atoms with Crippen molar-refractivity contribution in [1.82, 2.24) is 15.2 Å². The van der Waals surface area contributed by atoms with Crippen LogP contribution in [-0.4, -0.2) is 55.1 Å². The molecule has 5 heteroatoms. The van der Waals surface area contributed by atoms with Crippen LogP contribution in [0.2, 0.25) is 0 Å². The van der Waals surface area contributed by atoms with E-state index in [4.69, 9.17) is 0 Å². The van der Waals surface area contributed by atoms with Crippen molar-refractivity contribution in [3.05, 3.63) is 23.9 Å². The third kappa shape index (κ3) is 3.58. The Morgan fingerprint density at radius 1 is 1.18 bits per heavy atom. The van der Waals surface area contributed by atoms with E-state index in [9.17, 15) is 4.79 Å². The van der Waals surface area contributed by atoms with Crippen molar-refractivity contribution >= 4 is 11.7 Å². The van der Waals surface area contributed by atoms with E-state index in [1.807, 2.05) is 17.0 Å². The Bertz CT molecular complexity index is 486. The van der Waals surface area contributed by atoms with E-state index in [1.165, 1.54) is 12.8 Å². The number of nitrogens with zero attached hydrogens (tertiary/aromatic N) is 3. The normalized spacial score (nSPS) is 20.8. The molecule has 0 spiro atoms. The van der Waals surface area contributed by atoms with E-state index in [1.54, 1.807) is 6.20 Å². The first-order valence-electron chi connectivity index (χ1n) is 8.45. The first-order valence-corrected chi connectivity index (χ1v) is 8.45. The summed E-state index contributed by atoms with van der Waals surface area (Å²) in [6, 6.07) is 3.93. The number of carbonyl (C=O) groups is 1. The maximum absolute atomic E-state index is 12.5. The van der Waals surface area contributed by atoms with Crippen LogP contribution in [0.4, 0.5) is 5.82 Å². The van der Waals surface area contributed by atoms with E-state index >= 15 is 0 Å². The Morgan fingerprint density at radius 2 is 2.00 bits per heavy atom. The van der Waals surface area contributed by atoms with Gasteiger partial charge in [0.05, 0.1) is 5.56 Å². The summed E-state index contributed by atoms with van der Waals surface area (Å²) in [6.45, 7) is 7.93. The van der Waals surface area contributed by atoms with Gasteiger partial charge in [0.15, 0.2) is 0 Å². The summed E-state index contributed by atoms with van der Waals surface area (Å²) in [6.07, 6.45) is 5.21. The average molecular weight is 302 g/mol. The molecule has 2 saturated heterocycles. The highest BCUT2D eigenvalue weighted by Crippen LogP contribution is 2.21. The summed E-state index contributed by atoms with van der Waals surface area (Å²) in [5.74, 6) is 1.92. The highest BCUT2D eigenvalue weighted by Gasteiger charge is 2.19. The van der Waals surface area contributed by atoms with Crippen molar-refractivity contribution < 1.29 is 4.79 Å². The third-order valence-corrected chi connectivity index (χ3v) is 4.73. The summed E-state index contributed by atoms with van der Waals surface area (Å²) in [5, 5.41) is 3.32. The Labute approximate surface area is 132 Å². The van der Waals surface area contributed by atoms with E-state index in [-0.39, 0.29) is 5.91 Å². The fourth-order valence-electron chi connectivity index (χ4n) is 3.17. The quantitative estimate of drug-likeness (QED) is 0.904. The van der Waals surface area contributed by atoms with Gasteiger partial charge in [0.2, 0.25) is 0 Å². The molecule has 0 saturated carbocycles. The lowest BCUT2D eigenvalue weighted by Crippen LogP contribution is -2.35. The van der Waals surface area contributed by atoms with Gasteiger partial charge >= 0.3 is 0 Å². The number of carbonyl (C=O) groups excluding carboxylic acids is 1. The summed E-state index contributed by atoms with van der Waals surface area (Å²) in [5.41, 5.74) is 0.705. The summed E-state index contributed by atoms with van der Waals surface area (Å²) in [7, 11) is 0. The lowest BCUT2D eigenvalue weighted by atomic mass is 9.99. The lowest BCUT2D eigenvalue weighted by molar-refractivity contribution is 0.0766. The second kappa shape index (κ2) is 7.09. The van der Waals surface area contributed by atoms with Crippen molar-refractivity contribution in [3.8, 4) is 0 Å². The monoisotopic (exact) mass is 302 g/mol. The van der Waals surface area contributed by atoms with Crippen LogP contribution in [0.15, 0.2) is 18.3 Å². The smallest absolute Gasteiger partial charge is 0.255 e. The zero-order chi connectivity index (χ0) is 15.4. The molecule has 3 heterocycles. The topological polar surface area (TPSA) is 48.5 Å². The molecule has 1 N–H and O–H groups in total. The highest BCUT2D eigenvalue weighted by molar-refractivity contribution is 5.94. The molecular formula is C17H26N4O. The van der Waals surface area contributed by atoms with Crippen LogP contribution in [0, 0.1) is 5.92 Å². The molecule has 0 aliphatic carbocycles. The Hall–Kier alpha value is -1.62. The van der Waals surface area contributed by atoms with Crippen LogP contribution < -0.4 is 10.2 Å². The molecule has 0 bridgehead atoms. The molecule has 1 aromatic rings. The van der Waals surface area contributed by atoms with Crippen LogP contribution in [0.1, 0.15) is 36.5 Å².